The number of hydrogen-bond acceptors (Lipinski definition) is 4. The highest BCUT2D eigenvalue weighted by atomic mass is 32.2. The number of hydrogen-bond donors (Lipinski definition) is 1. The molecule has 2 aliphatic rings. The summed E-state index contributed by atoms with van der Waals surface area (Å²) in [5.74, 6) is -1.06. The molecule has 4 nitrogen and oxygen atoms in total. The minimum Gasteiger partial charge on any atom is -0.364 e. The van der Waals surface area contributed by atoms with E-state index in [9.17, 15) is 14.7 Å². The fourth-order valence-electron chi connectivity index (χ4n) is 2.85. The van der Waals surface area contributed by atoms with Gasteiger partial charge in [0.15, 0.2) is 0 Å². The van der Waals surface area contributed by atoms with Crippen LogP contribution in [0.15, 0.2) is 29.2 Å². The first-order valence-corrected chi connectivity index (χ1v) is 7.66. The van der Waals surface area contributed by atoms with Crippen molar-refractivity contribution in [3.8, 4) is 0 Å². The predicted octanol–water partition coefficient (Wildman–Crippen LogP) is 2.10. The number of carbonyl (C=O) groups excluding carboxylic acids is 2. The SMILES string of the molecule is CSC1=C2c3ccccc3C(=O)N2C(O)(C(C)C)C1=O. The monoisotopic (exact) mass is 289 g/mol. The molecule has 1 aromatic rings. The van der Waals surface area contributed by atoms with Crippen molar-refractivity contribution in [2.75, 3.05) is 6.26 Å². The number of thioether (sulfide) groups is 1. The number of carbonyl (C=O) groups is 2. The summed E-state index contributed by atoms with van der Waals surface area (Å²) in [6, 6.07) is 7.16. The molecule has 1 unspecified atom stereocenters. The van der Waals surface area contributed by atoms with Gasteiger partial charge in [-0.2, -0.15) is 0 Å². The maximum atomic E-state index is 12.6. The Kier molecular flexibility index (Phi) is 2.81. The van der Waals surface area contributed by atoms with Crippen LogP contribution in [0.2, 0.25) is 0 Å². The van der Waals surface area contributed by atoms with Crippen LogP contribution in [0.1, 0.15) is 29.8 Å². The van der Waals surface area contributed by atoms with Gasteiger partial charge in [-0.25, -0.2) is 0 Å². The Hall–Kier alpha value is -1.59. The Bertz CT molecular complexity index is 665. The van der Waals surface area contributed by atoms with Crippen molar-refractivity contribution >= 4 is 29.1 Å². The summed E-state index contributed by atoms with van der Waals surface area (Å²) in [6.45, 7) is 3.49. The molecule has 0 bridgehead atoms. The zero-order valence-corrected chi connectivity index (χ0v) is 12.3. The fourth-order valence-corrected chi connectivity index (χ4v) is 3.58. The third-order valence-electron chi connectivity index (χ3n) is 3.94. The minimum absolute atomic E-state index is 0.302. The van der Waals surface area contributed by atoms with Gasteiger partial charge in [-0.05, 0) is 12.3 Å². The van der Waals surface area contributed by atoms with E-state index in [1.807, 2.05) is 12.1 Å². The molecular formula is C15H15NO3S. The molecule has 3 rings (SSSR count). The molecule has 0 radical (unpaired) electrons. The van der Waals surface area contributed by atoms with Gasteiger partial charge in [0.25, 0.3) is 5.91 Å². The lowest BCUT2D eigenvalue weighted by Crippen LogP contribution is -2.54. The average molecular weight is 289 g/mol. The van der Waals surface area contributed by atoms with Crippen molar-refractivity contribution in [2.45, 2.75) is 19.6 Å². The van der Waals surface area contributed by atoms with Crippen LogP contribution >= 0.6 is 11.8 Å². The average Bonchev–Trinajstić information content (AvgIpc) is 2.85. The van der Waals surface area contributed by atoms with Gasteiger partial charge in [0, 0.05) is 17.0 Å². The molecule has 20 heavy (non-hydrogen) atoms. The van der Waals surface area contributed by atoms with Crippen LogP contribution < -0.4 is 0 Å². The van der Waals surface area contributed by atoms with Crippen LogP contribution in [0.25, 0.3) is 5.70 Å². The number of benzene rings is 1. The van der Waals surface area contributed by atoms with E-state index in [1.165, 1.54) is 16.7 Å². The molecule has 1 N–H and O–H groups in total. The Morgan fingerprint density at radius 2 is 1.80 bits per heavy atom. The molecule has 2 aliphatic heterocycles. The lowest BCUT2D eigenvalue weighted by Gasteiger charge is -2.34. The molecule has 2 heterocycles. The normalized spacial score (nSPS) is 24.8. The molecule has 0 spiro atoms. The molecule has 0 saturated carbocycles. The van der Waals surface area contributed by atoms with E-state index in [0.717, 1.165) is 5.56 Å². The highest BCUT2D eigenvalue weighted by Crippen LogP contribution is 2.50. The zero-order chi connectivity index (χ0) is 14.7. The topological polar surface area (TPSA) is 57.6 Å². The Labute approximate surface area is 121 Å². The first-order valence-electron chi connectivity index (χ1n) is 6.44. The minimum atomic E-state index is -1.77. The molecule has 104 valence electrons. The van der Waals surface area contributed by atoms with E-state index >= 15 is 0 Å². The van der Waals surface area contributed by atoms with Crippen molar-refractivity contribution < 1.29 is 14.7 Å². The van der Waals surface area contributed by atoms with Crippen LogP contribution in [0, 0.1) is 5.92 Å². The van der Waals surface area contributed by atoms with Crippen LogP contribution in [0.5, 0.6) is 0 Å². The fraction of sp³-hybridized carbons (Fsp3) is 0.333. The van der Waals surface area contributed by atoms with Gasteiger partial charge >= 0.3 is 0 Å². The van der Waals surface area contributed by atoms with Gasteiger partial charge in [0.2, 0.25) is 11.5 Å². The number of Topliss-reactive ketones (excluding diaryl/α,β-unsaturated/α-hetero) is 1. The van der Waals surface area contributed by atoms with Crippen LogP contribution in [0.3, 0.4) is 0 Å². The Morgan fingerprint density at radius 3 is 2.35 bits per heavy atom. The van der Waals surface area contributed by atoms with Crippen molar-refractivity contribution in [1.82, 2.24) is 4.90 Å². The number of ketones is 1. The van der Waals surface area contributed by atoms with Crippen LogP contribution in [-0.4, -0.2) is 33.7 Å². The second kappa shape index (κ2) is 4.20. The van der Waals surface area contributed by atoms with Crippen molar-refractivity contribution in [2.24, 2.45) is 5.92 Å². The predicted molar refractivity (Wildman–Crippen MR) is 77.8 cm³/mol. The maximum Gasteiger partial charge on any atom is 0.261 e. The van der Waals surface area contributed by atoms with E-state index in [4.69, 9.17) is 0 Å². The quantitative estimate of drug-likeness (QED) is 0.906. The second-order valence-electron chi connectivity index (χ2n) is 5.28. The second-order valence-corrected chi connectivity index (χ2v) is 6.09. The molecule has 1 atom stereocenters. The highest BCUT2D eigenvalue weighted by molar-refractivity contribution is 8.03. The first-order chi connectivity index (χ1) is 9.44. The smallest absolute Gasteiger partial charge is 0.261 e. The third-order valence-corrected chi connectivity index (χ3v) is 4.73. The van der Waals surface area contributed by atoms with E-state index < -0.39 is 5.72 Å². The molecule has 1 amide bonds. The highest BCUT2D eigenvalue weighted by Gasteiger charge is 2.59. The summed E-state index contributed by atoms with van der Waals surface area (Å²) >= 11 is 1.28. The van der Waals surface area contributed by atoms with Gasteiger partial charge in [-0.3, -0.25) is 14.5 Å². The van der Waals surface area contributed by atoms with Crippen LogP contribution in [-0.2, 0) is 4.79 Å². The largest absolute Gasteiger partial charge is 0.364 e. The molecular weight excluding hydrogens is 274 g/mol. The number of rotatable bonds is 2. The summed E-state index contributed by atoms with van der Waals surface area (Å²) in [5, 5.41) is 10.9. The summed E-state index contributed by atoms with van der Waals surface area (Å²) in [6.07, 6.45) is 1.79. The van der Waals surface area contributed by atoms with Gasteiger partial charge in [-0.1, -0.05) is 32.0 Å². The maximum absolute atomic E-state index is 12.6. The summed E-state index contributed by atoms with van der Waals surface area (Å²) in [7, 11) is 0. The van der Waals surface area contributed by atoms with Gasteiger partial charge in [0.1, 0.15) is 0 Å². The van der Waals surface area contributed by atoms with Gasteiger partial charge in [-0.15, -0.1) is 11.8 Å². The number of nitrogens with zero attached hydrogens (tertiary/aromatic N) is 1. The summed E-state index contributed by atoms with van der Waals surface area (Å²) < 4.78 is 0. The third kappa shape index (κ3) is 1.37. The van der Waals surface area contributed by atoms with E-state index in [-0.39, 0.29) is 17.6 Å². The van der Waals surface area contributed by atoms with E-state index in [1.54, 1.807) is 32.2 Å². The molecule has 0 aromatic heterocycles. The van der Waals surface area contributed by atoms with Crippen molar-refractivity contribution in [1.29, 1.82) is 0 Å². The summed E-state index contributed by atoms with van der Waals surface area (Å²) in [5.41, 5.74) is 0.0516. The van der Waals surface area contributed by atoms with Crippen molar-refractivity contribution in [3.05, 3.63) is 40.3 Å². The van der Waals surface area contributed by atoms with E-state index in [0.29, 0.717) is 16.2 Å². The lowest BCUT2D eigenvalue weighted by atomic mass is 9.95. The van der Waals surface area contributed by atoms with Gasteiger partial charge in [0.05, 0.1) is 10.6 Å². The lowest BCUT2D eigenvalue weighted by molar-refractivity contribution is -0.149. The Balaban J connectivity index is 2.31. The zero-order valence-electron chi connectivity index (χ0n) is 11.5. The molecule has 0 saturated heterocycles. The van der Waals surface area contributed by atoms with Crippen LogP contribution in [0.4, 0.5) is 0 Å². The number of fused-ring (bicyclic) bond motifs is 3. The molecule has 1 aromatic carbocycles. The van der Waals surface area contributed by atoms with E-state index in [2.05, 4.69) is 0 Å². The Morgan fingerprint density at radius 1 is 1.20 bits per heavy atom. The van der Waals surface area contributed by atoms with Crippen molar-refractivity contribution in [3.63, 3.8) is 0 Å². The molecule has 0 fully saturated rings. The number of aliphatic hydroxyl groups is 1. The summed E-state index contributed by atoms with van der Waals surface area (Å²) in [4.78, 5) is 26.9. The molecule has 0 aliphatic carbocycles. The number of amides is 1. The van der Waals surface area contributed by atoms with Gasteiger partial charge < -0.3 is 5.11 Å². The standard InChI is InChI=1S/C15H15NO3S/c1-8(2)15(19)13(17)12(20-3)11-9-6-4-5-7-10(9)14(18)16(11)15/h4-8,19H,1-3H3. The first kappa shape index (κ1) is 13.4. The molecule has 5 heteroatoms.